The molecule has 0 amide bonds. The summed E-state index contributed by atoms with van der Waals surface area (Å²) < 4.78 is 16.4. The maximum Gasteiger partial charge on any atom is 0.338 e. The van der Waals surface area contributed by atoms with Crippen LogP contribution < -0.4 is 19.6 Å². The Morgan fingerprint density at radius 2 is 1.89 bits per heavy atom. The maximum absolute atomic E-state index is 14.4. The van der Waals surface area contributed by atoms with Crippen LogP contribution in [0.2, 0.25) is 5.02 Å². The molecule has 1 atom stereocenters. The molecule has 1 aliphatic rings. The van der Waals surface area contributed by atoms with Crippen molar-refractivity contribution in [3.8, 4) is 5.75 Å². The van der Waals surface area contributed by atoms with Crippen LogP contribution in [0.25, 0.3) is 17.0 Å². The summed E-state index contributed by atoms with van der Waals surface area (Å²) >= 11 is 11.0. The van der Waals surface area contributed by atoms with Gasteiger partial charge in [-0.25, -0.2) is 9.79 Å². The number of esters is 1. The molecule has 6 rings (SSSR count). The molecule has 5 aromatic rings. The van der Waals surface area contributed by atoms with Crippen molar-refractivity contribution in [2.24, 2.45) is 4.99 Å². The van der Waals surface area contributed by atoms with Crippen LogP contribution >= 0.6 is 38.9 Å². The lowest BCUT2D eigenvalue weighted by Crippen LogP contribution is -2.40. The van der Waals surface area contributed by atoms with E-state index in [1.54, 1.807) is 18.6 Å². The number of ether oxygens (including phenoxy) is 2. The van der Waals surface area contributed by atoms with Crippen LogP contribution in [-0.2, 0) is 16.1 Å². The van der Waals surface area contributed by atoms with Gasteiger partial charge in [0.25, 0.3) is 5.56 Å². The van der Waals surface area contributed by atoms with Crippen LogP contribution in [0.3, 0.4) is 0 Å². The van der Waals surface area contributed by atoms with Crippen LogP contribution in [-0.4, -0.2) is 28.8 Å². The smallest absolute Gasteiger partial charge is 0.338 e. The average molecular weight is 705 g/mol. The van der Waals surface area contributed by atoms with Crippen LogP contribution in [0, 0.1) is 0 Å². The van der Waals surface area contributed by atoms with Gasteiger partial charge in [0.1, 0.15) is 11.8 Å². The number of hydrogen-bond acceptors (Lipinski definition) is 6. The summed E-state index contributed by atoms with van der Waals surface area (Å²) in [4.78, 5) is 33.4. The first kappa shape index (κ1) is 31.1. The Balaban J connectivity index is 1.56. The number of benzene rings is 3. The molecule has 3 aromatic carbocycles. The molecular formula is C35H31BrClN3O4S. The van der Waals surface area contributed by atoms with Crippen molar-refractivity contribution in [2.45, 2.75) is 39.3 Å². The molecule has 0 radical (unpaired) electrons. The number of hydrogen-bond donors (Lipinski definition) is 0. The van der Waals surface area contributed by atoms with Crippen LogP contribution in [0.1, 0.15) is 49.4 Å². The first-order valence-corrected chi connectivity index (χ1v) is 16.7. The Morgan fingerprint density at radius 3 is 2.62 bits per heavy atom. The molecule has 0 fully saturated rings. The van der Waals surface area contributed by atoms with Crippen molar-refractivity contribution >= 4 is 61.8 Å². The molecule has 0 saturated heterocycles. The normalized spacial score (nSPS) is 14.9. The lowest BCUT2D eigenvalue weighted by molar-refractivity contribution is -0.139. The van der Waals surface area contributed by atoms with Crippen molar-refractivity contribution < 1.29 is 14.3 Å². The van der Waals surface area contributed by atoms with E-state index in [9.17, 15) is 9.59 Å². The van der Waals surface area contributed by atoms with Gasteiger partial charge in [-0.05, 0) is 61.4 Å². The van der Waals surface area contributed by atoms with Gasteiger partial charge in [-0.3, -0.25) is 9.36 Å². The fourth-order valence-electron chi connectivity index (χ4n) is 5.78. The van der Waals surface area contributed by atoms with Gasteiger partial charge < -0.3 is 14.0 Å². The molecule has 0 saturated carbocycles. The fraction of sp³-hybridized carbons (Fsp3) is 0.229. The van der Waals surface area contributed by atoms with Crippen molar-refractivity contribution in [1.82, 2.24) is 9.13 Å². The van der Waals surface area contributed by atoms with E-state index in [0.29, 0.717) is 49.9 Å². The SMILES string of the molecule is CCCC1=C(C(=O)OCC)[C@@H](c2cc(Br)ccc2OC)n2c(s/c(=C/c3cn(Cc4ccc(Cl)cc4)c4ccccc34)c2=O)=N1. The van der Waals surface area contributed by atoms with E-state index in [2.05, 4.69) is 38.8 Å². The number of carbonyl (C=O) groups is 1. The number of fused-ring (bicyclic) bond motifs is 2. The van der Waals surface area contributed by atoms with Crippen LogP contribution in [0.15, 0.2) is 98.5 Å². The Hall–Kier alpha value is -3.92. The number of carbonyl (C=O) groups excluding carboxylic acids is 1. The molecule has 230 valence electrons. The number of halogens is 2. The highest BCUT2D eigenvalue weighted by Gasteiger charge is 2.36. The Bertz CT molecular complexity index is 2130. The number of para-hydroxylation sites is 1. The zero-order valence-corrected chi connectivity index (χ0v) is 28.2. The summed E-state index contributed by atoms with van der Waals surface area (Å²) in [6.45, 7) is 4.66. The third-order valence-electron chi connectivity index (χ3n) is 7.75. The molecule has 45 heavy (non-hydrogen) atoms. The van der Waals surface area contributed by atoms with Crippen molar-refractivity contribution in [3.63, 3.8) is 0 Å². The second-order valence-corrected chi connectivity index (χ2v) is 13.0. The average Bonchev–Trinajstić information content (AvgIpc) is 3.54. The van der Waals surface area contributed by atoms with E-state index in [-0.39, 0.29) is 12.2 Å². The molecule has 0 spiro atoms. The van der Waals surface area contributed by atoms with Gasteiger partial charge in [0.05, 0.1) is 29.5 Å². The minimum Gasteiger partial charge on any atom is -0.496 e. The third-order valence-corrected chi connectivity index (χ3v) is 9.48. The molecular weight excluding hydrogens is 674 g/mol. The van der Waals surface area contributed by atoms with E-state index < -0.39 is 12.0 Å². The molecule has 7 nitrogen and oxygen atoms in total. The predicted molar refractivity (Wildman–Crippen MR) is 183 cm³/mol. The quantitative estimate of drug-likeness (QED) is 0.155. The summed E-state index contributed by atoms with van der Waals surface area (Å²) in [5.74, 6) is 0.0684. The van der Waals surface area contributed by atoms with E-state index in [1.807, 2.05) is 67.6 Å². The first-order valence-electron chi connectivity index (χ1n) is 14.7. The van der Waals surface area contributed by atoms with E-state index in [0.717, 1.165) is 32.9 Å². The molecule has 0 unspecified atom stereocenters. The second kappa shape index (κ2) is 13.2. The highest BCUT2D eigenvalue weighted by molar-refractivity contribution is 9.10. The Labute approximate surface area is 277 Å². The first-order chi connectivity index (χ1) is 21.8. The number of thiazole rings is 1. The summed E-state index contributed by atoms with van der Waals surface area (Å²) in [7, 11) is 1.58. The van der Waals surface area contributed by atoms with Gasteiger partial charge in [0.15, 0.2) is 4.80 Å². The van der Waals surface area contributed by atoms with Crippen LogP contribution in [0.4, 0.5) is 0 Å². The molecule has 2 aromatic heterocycles. The van der Waals surface area contributed by atoms with E-state index in [1.165, 1.54) is 11.3 Å². The van der Waals surface area contributed by atoms with Gasteiger partial charge in [-0.2, -0.15) is 0 Å². The monoisotopic (exact) mass is 703 g/mol. The lowest BCUT2D eigenvalue weighted by atomic mass is 9.93. The van der Waals surface area contributed by atoms with E-state index >= 15 is 0 Å². The second-order valence-electron chi connectivity index (χ2n) is 10.7. The van der Waals surface area contributed by atoms with Crippen molar-refractivity contribution in [1.29, 1.82) is 0 Å². The van der Waals surface area contributed by atoms with Crippen molar-refractivity contribution in [3.05, 3.63) is 130 Å². The summed E-state index contributed by atoms with van der Waals surface area (Å²) in [5, 5.41) is 1.72. The molecule has 0 N–H and O–H groups in total. The van der Waals surface area contributed by atoms with Crippen molar-refractivity contribution in [2.75, 3.05) is 13.7 Å². The maximum atomic E-state index is 14.4. The minimum atomic E-state index is -0.775. The molecule has 0 aliphatic carbocycles. The van der Waals surface area contributed by atoms with Crippen LogP contribution in [0.5, 0.6) is 5.75 Å². The Kier molecular flexibility index (Phi) is 9.12. The standard InChI is InChI=1S/C35H31BrClN3O4S/c1-4-8-27-31(34(42)44-5-2)32(26-18-23(36)13-16-29(26)43-3)40-33(41)30(45-35(40)38-27)17-22-20-39(28-10-7-6-9-25(22)28)19-21-11-14-24(37)15-12-21/h6-7,9-18,20,32H,4-5,8,19H2,1-3H3/b30-17+/t32-/m1/s1. The van der Waals surface area contributed by atoms with Gasteiger partial charge in [0, 0.05) is 44.3 Å². The lowest BCUT2D eigenvalue weighted by Gasteiger charge is -2.27. The van der Waals surface area contributed by atoms with Gasteiger partial charge >= 0.3 is 5.97 Å². The predicted octanol–water partition coefficient (Wildman–Crippen LogP) is 7.01. The zero-order valence-electron chi connectivity index (χ0n) is 25.1. The molecule has 3 heterocycles. The summed E-state index contributed by atoms with van der Waals surface area (Å²) in [6, 6.07) is 20.8. The fourth-order valence-corrected chi connectivity index (χ4v) is 7.30. The summed E-state index contributed by atoms with van der Waals surface area (Å²) in [5.41, 5.74) is 4.49. The number of nitrogens with zero attached hydrogens (tertiary/aromatic N) is 3. The Morgan fingerprint density at radius 1 is 1.11 bits per heavy atom. The third kappa shape index (κ3) is 6.04. The van der Waals surface area contributed by atoms with Gasteiger partial charge in [-0.1, -0.05) is 82.5 Å². The highest BCUT2D eigenvalue weighted by Crippen LogP contribution is 2.38. The minimum absolute atomic E-state index is 0.203. The molecule has 1 aliphatic heterocycles. The zero-order chi connectivity index (χ0) is 31.7. The number of rotatable bonds is 9. The largest absolute Gasteiger partial charge is 0.496 e. The topological polar surface area (TPSA) is 74.8 Å². The number of methoxy groups -OCH3 is 1. The van der Waals surface area contributed by atoms with Gasteiger partial charge in [-0.15, -0.1) is 0 Å². The van der Waals surface area contributed by atoms with E-state index in [4.69, 9.17) is 26.1 Å². The molecule has 0 bridgehead atoms. The summed E-state index contributed by atoms with van der Waals surface area (Å²) in [6.07, 6.45) is 5.32. The number of allylic oxidation sites excluding steroid dienone is 1. The van der Waals surface area contributed by atoms with Gasteiger partial charge in [0.2, 0.25) is 0 Å². The molecule has 10 heteroatoms. The highest BCUT2D eigenvalue weighted by atomic mass is 79.9. The number of aromatic nitrogens is 2.